The van der Waals surface area contributed by atoms with E-state index in [0.29, 0.717) is 10.7 Å². The zero-order valence-electron chi connectivity index (χ0n) is 20.1. The van der Waals surface area contributed by atoms with Crippen LogP contribution in [0.3, 0.4) is 0 Å². The standard InChI is InChI=1S/C22H22N6O6S3/c1-11-12(2)36-20-18(11)19(30)26-22(27-20)35-10-16(29)23-13-5-7-14(8-6-13)37(31,32)28-15-9-17(33-3)25-21(24-15)34-4/h5-9,18H,10H2,1-4H3,(H,23,29)(H,24,25,28). The minimum atomic E-state index is -3.99. The summed E-state index contributed by atoms with van der Waals surface area (Å²) in [4.78, 5) is 42.1. The zero-order valence-corrected chi connectivity index (χ0v) is 22.6. The molecule has 0 saturated carbocycles. The van der Waals surface area contributed by atoms with Crippen LogP contribution < -0.4 is 19.5 Å². The molecule has 0 bridgehead atoms. The first-order valence-corrected chi connectivity index (χ1v) is 14.0. The normalized spacial score (nSPS) is 17.1. The predicted octanol–water partition coefficient (Wildman–Crippen LogP) is 2.92. The number of fused-ring (bicyclic) bond motifs is 1. The molecule has 0 saturated heterocycles. The summed E-state index contributed by atoms with van der Waals surface area (Å²) in [6.07, 6.45) is 0. The summed E-state index contributed by atoms with van der Waals surface area (Å²) in [6, 6.07) is 6.84. The van der Waals surface area contributed by atoms with Gasteiger partial charge in [0.25, 0.3) is 15.9 Å². The molecule has 3 heterocycles. The molecule has 2 aromatic rings. The highest BCUT2D eigenvalue weighted by atomic mass is 32.2. The Hall–Kier alpha value is -3.43. The smallest absolute Gasteiger partial charge is 0.321 e. The maximum atomic E-state index is 12.8. The molecule has 2 aliphatic heterocycles. The van der Waals surface area contributed by atoms with E-state index >= 15 is 0 Å². The van der Waals surface area contributed by atoms with Gasteiger partial charge in [0.05, 0.1) is 29.9 Å². The summed E-state index contributed by atoms with van der Waals surface area (Å²) in [5.74, 6) is -0.984. The van der Waals surface area contributed by atoms with Gasteiger partial charge in [0, 0.05) is 11.8 Å². The first-order valence-electron chi connectivity index (χ1n) is 10.7. The van der Waals surface area contributed by atoms with E-state index in [1.165, 1.54) is 56.3 Å². The predicted molar refractivity (Wildman–Crippen MR) is 143 cm³/mol. The summed E-state index contributed by atoms with van der Waals surface area (Å²) >= 11 is 2.50. The molecule has 0 radical (unpaired) electrons. The third-order valence-corrected chi connectivity index (χ3v) is 8.63. The maximum absolute atomic E-state index is 12.8. The Bertz CT molecular complexity index is 1430. The van der Waals surface area contributed by atoms with E-state index in [-0.39, 0.29) is 45.3 Å². The number of nitrogens with one attached hydrogen (secondary N) is 2. The minimum absolute atomic E-state index is 0.0252. The lowest BCUT2D eigenvalue weighted by Crippen LogP contribution is -2.24. The van der Waals surface area contributed by atoms with Crippen LogP contribution in [0.4, 0.5) is 11.5 Å². The summed E-state index contributed by atoms with van der Waals surface area (Å²) in [7, 11) is -1.27. The number of aliphatic imine (C=N–C) groups is 2. The maximum Gasteiger partial charge on any atom is 0.321 e. The van der Waals surface area contributed by atoms with E-state index in [1.807, 2.05) is 13.8 Å². The molecule has 1 aromatic heterocycles. The molecule has 1 aromatic carbocycles. The zero-order chi connectivity index (χ0) is 26.7. The summed E-state index contributed by atoms with van der Waals surface area (Å²) in [5, 5.41) is 3.61. The summed E-state index contributed by atoms with van der Waals surface area (Å²) in [5.41, 5.74) is 1.35. The fourth-order valence-corrected chi connectivity index (χ4v) is 6.12. The van der Waals surface area contributed by atoms with Crippen LogP contribution in [0.1, 0.15) is 13.8 Å². The lowest BCUT2D eigenvalue weighted by Gasteiger charge is -2.14. The highest BCUT2D eigenvalue weighted by Gasteiger charge is 2.36. The van der Waals surface area contributed by atoms with Gasteiger partial charge >= 0.3 is 6.01 Å². The van der Waals surface area contributed by atoms with Gasteiger partial charge in [-0.15, -0.1) is 0 Å². The van der Waals surface area contributed by atoms with Crippen LogP contribution in [0.5, 0.6) is 11.9 Å². The first kappa shape index (κ1) is 26.6. The Kier molecular flexibility index (Phi) is 7.85. The fraction of sp³-hybridized carbons (Fsp3) is 0.273. The molecule has 194 valence electrons. The van der Waals surface area contributed by atoms with E-state index in [4.69, 9.17) is 9.47 Å². The second-order valence-electron chi connectivity index (χ2n) is 7.71. The van der Waals surface area contributed by atoms with Crippen LogP contribution in [0, 0.1) is 5.92 Å². The summed E-state index contributed by atoms with van der Waals surface area (Å²) < 4.78 is 37.8. The van der Waals surface area contributed by atoms with Gasteiger partial charge in [-0.3, -0.25) is 14.3 Å². The Labute approximate surface area is 221 Å². The number of aromatic nitrogens is 2. The van der Waals surface area contributed by atoms with Crippen molar-refractivity contribution < 1.29 is 27.5 Å². The second-order valence-corrected chi connectivity index (χ2v) is 11.6. The fourth-order valence-electron chi connectivity index (χ4n) is 3.30. The van der Waals surface area contributed by atoms with Crippen LogP contribution in [0.25, 0.3) is 0 Å². The lowest BCUT2D eigenvalue weighted by atomic mass is 10.0. The van der Waals surface area contributed by atoms with Crippen LogP contribution in [-0.2, 0) is 19.6 Å². The van der Waals surface area contributed by atoms with Crippen LogP contribution in [-0.4, -0.2) is 60.4 Å². The van der Waals surface area contributed by atoms with Crippen molar-refractivity contribution in [2.45, 2.75) is 18.7 Å². The number of carbonyl (C=O) groups is 2. The van der Waals surface area contributed by atoms with Gasteiger partial charge in [0.1, 0.15) is 5.92 Å². The van der Waals surface area contributed by atoms with Crippen LogP contribution in [0.15, 0.2) is 55.7 Å². The van der Waals surface area contributed by atoms with E-state index in [2.05, 4.69) is 30.0 Å². The molecule has 37 heavy (non-hydrogen) atoms. The Balaban J connectivity index is 1.35. The Morgan fingerprint density at radius 2 is 1.84 bits per heavy atom. The quantitative estimate of drug-likeness (QED) is 0.489. The Morgan fingerprint density at radius 3 is 2.51 bits per heavy atom. The van der Waals surface area contributed by atoms with Gasteiger partial charge < -0.3 is 14.8 Å². The van der Waals surface area contributed by atoms with Crippen molar-refractivity contribution in [3.05, 3.63) is 40.8 Å². The van der Waals surface area contributed by atoms with Crippen molar-refractivity contribution in [3.8, 4) is 11.9 Å². The molecule has 0 spiro atoms. The van der Waals surface area contributed by atoms with Crippen molar-refractivity contribution in [3.63, 3.8) is 0 Å². The number of rotatable bonds is 8. The van der Waals surface area contributed by atoms with Gasteiger partial charge in [0.15, 0.2) is 11.0 Å². The molecule has 1 unspecified atom stereocenters. The van der Waals surface area contributed by atoms with Gasteiger partial charge in [-0.25, -0.2) is 13.4 Å². The molecule has 2 N–H and O–H groups in total. The number of benzene rings is 1. The monoisotopic (exact) mass is 562 g/mol. The van der Waals surface area contributed by atoms with Gasteiger partial charge in [-0.1, -0.05) is 23.5 Å². The van der Waals surface area contributed by atoms with Crippen molar-refractivity contribution in [2.75, 3.05) is 30.0 Å². The Morgan fingerprint density at radius 1 is 1.11 bits per heavy atom. The van der Waals surface area contributed by atoms with Crippen LogP contribution in [0.2, 0.25) is 0 Å². The third kappa shape index (κ3) is 6.11. The van der Waals surface area contributed by atoms with E-state index in [9.17, 15) is 18.0 Å². The van der Waals surface area contributed by atoms with E-state index in [1.54, 1.807) is 0 Å². The number of hydrogen-bond acceptors (Lipinski definition) is 11. The number of carbonyl (C=O) groups excluding carboxylic acids is 2. The molecular formula is C22H22N6O6S3. The number of amides is 2. The van der Waals surface area contributed by atoms with Gasteiger partial charge in [-0.05, 0) is 48.6 Å². The molecule has 15 heteroatoms. The van der Waals surface area contributed by atoms with Gasteiger partial charge in [0.2, 0.25) is 11.8 Å². The highest BCUT2D eigenvalue weighted by Crippen LogP contribution is 2.40. The molecule has 1 atom stereocenters. The van der Waals surface area contributed by atoms with Crippen molar-refractivity contribution in [1.29, 1.82) is 0 Å². The van der Waals surface area contributed by atoms with E-state index < -0.39 is 15.9 Å². The average Bonchev–Trinajstić information content (AvgIpc) is 3.15. The van der Waals surface area contributed by atoms with Crippen molar-refractivity contribution in [1.82, 2.24) is 9.97 Å². The summed E-state index contributed by atoms with van der Waals surface area (Å²) in [6.45, 7) is 3.83. The number of thioether (sulfide) groups is 2. The van der Waals surface area contributed by atoms with Crippen LogP contribution >= 0.6 is 23.5 Å². The minimum Gasteiger partial charge on any atom is -0.481 e. The second kappa shape index (κ2) is 10.9. The number of ether oxygens (including phenoxy) is 2. The third-order valence-electron chi connectivity index (χ3n) is 5.25. The molecule has 0 fully saturated rings. The average molecular weight is 563 g/mol. The molecule has 12 nitrogen and oxygen atoms in total. The topological polar surface area (TPSA) is 161 Å². The van der Waals surface area contributed by atoms with Gasteiger partial charge in [-0.2, -0.15) is 15.0 Å². The molecule has 4 rings (SSSR count). The first-order chi connectivity index (χ1) is 17.6. The number of methoxy groups -OCH3 is 2. The molecule has 0 aliphatic carbocycles. The number of allylic oxidation sites excluding steroid dienone is 1. The lowest BCUT2D eigenvalue weighted by molar-refractivity contribution is -0.118. The van der Waals surface area contributed by atoms with E-state index in [0.717, 1.165) is 22.2 Å². The molecule has 2 amide bonds. The molecular weight excluding hydrogens is 540 g/mol. The molecule has 2 aliphatic rings. The number of nitrogens with zero attached hydrogens (tertiary/aromatic N) is 4. The number of anilines is 2. The van der Waals surface area contributed by atoms with Crippen molar-refractivity contribution in [2.24, 2.45) is 15.9 Å². The van der Waals surface area contributed by atoms with Crippen molar-refractivity contribution >= 4 is 67.1 Å². The number of sulfonamides is 1. The number of amidine groups is 1. The number of hydrogen-bond donors (Lipinski definition) is 2. The largest absolute Gasteiger partial charge is 0.481 e. The highest BCUT2D eigenvalue weighted by molar-refractivity contribution is 8.18. The SMILES string of the molecule is COc1cc(NS(=O)(=O)c2ccc(NC(=O)CSC3=NC(=O)C4C(=N3)SC(C)=C4C)cc2)nc(OC)n1.